The van der Waals surface area contributed by atoms with Crippen molar-refractivity contribution in [1.82, 2.24) is 0 Å². The van der Waals surface area contributed by atoms with Gasteiger partial charge in [0.2, 0.25) is 5.91 Å². The molecule has 2 aromatic carbocycles. The van der Waals surface area contributed by atoms with Gasteiger partial charge >= 0.3 is 0 Å². The lowest BCUT2D eigenvalue weighted by Gasteiger charge is -2.29. The first kappa shape index (κ1) is 17.2. The summed E-state index contributed by atoms with van der Waals surface area (Å²) in [6, 6.07) is 11.7. The van der Waals surface area contributed by atoms with E-state index in [1.165, 1.54) is 0 Å². The maximum Gasteiger partial charge on any atom is 0.255 e. The summed E-state index contributed by atoms with van der Waals surface area (Å²) < 4.78 is 0. The van der Waals surface area contributed by atoms with Crippen molar-refractivity contribution in [3.63, 3.8) is 0 Å². The van der Waals surface area contributed by atoms with Crippen LogP contribution in [0.3, 0.4) is 0 Å². The molecule has 0 bridgehead atoms. The van der Waals surface area contributed by atoms with Gasteiger partial charge in [0.25, 0.3) is 5.91 Å². The number of fused-ring (bicyclic) bond motifs is 1. The molecule has 130 valence electrons. The molecule has 25 heavy (non-hydrogen) atoms. The predicted octanol–water partition coefficient (Wildman–Crippen LogP) is 4.24. The van der Waals surface area contributed by atoms with Gasteiger partial charge in [-0.2, -0.15) is 0 Å². The predicted molar refractivity (Wildman–Crippen MR) is 101 cm³/mol. The third kappa shape index (κ3) is 3.58. The Bertz CT molecular complexity index is 827. The molecule has 4 nitrogen and oxygen atoms in total. The Morgan fingerprint density at radius 1 is 1.12 bits per heavy atom. The van der Waals surface area contributed by atoms with Crippen molar-refractivity contribution in [1.29, 1.82) is 0 Å². The quantitative estimate of drug-likeness (QED) is 0.907. The van der Waals surface area contributed by atoms with E-state index >= 15 is 0 Å². The van der Waals surface area contributed by atoms with Crippen LogP contribution in [0.1, 0.15) is 46.8 Å². The van der Waals surface area contributed by atoms with Crippen LogP contribution < -0.4 is 10.2 Å². The molecule has 0 saturated heterocycles. The largest absolute Gasteiger partial charge is 0.322 e. The number of nitrogens with one attached hydrogen (secondary N) is 1. The standard InChI is InChI=1S/C21H24N2O2/c1-4-11-23-19-9-8-17(13-16(19)7-10-20(23)24)22-21(25)18-12-14(2)5-6-15(18)3/h5-6,8-9,12-13H,4,7,10-11H2,1-3H3,(H,22,25). The van der Waals surface area contributed by atoms with Crippen molar-refractivity contribution >= 4 is 23.2 Å². The van der Waals surface area contributed by atoms with Crippen LogP contribution in [0.15, 0.2) is 36.4 Å². The molecule has 0 unspecified atom stereocenters. The third-order valence-corrected chi connectivity index (χ3v) is 4.62. The topological polar surface area (TPSA) is 49.4 Å². The fourth-order valence-corrected chi connectivity index (χ4v) is 3.29. The SMILES string of the molecule is CCCN1C(=O)CCc2cc(NC(=O)c3cc(C)ccc3C)ccc21. The number of aryl methyl sites for hydroxylation is 3. The first-order valence-electron chi connectivity index (χ1n) is 8.81. The van der Waals surface area contributed by atoms with Crippen molar-refractivity contribution in [3.8, 4) is 0 Å². The number of rotatable bonds is 4. The molecule has 1 aliphatic rings. The summed E-state index contributed by atoms with van der Waals surface area (Å²) in [5.41, 5.74) is 5.58. The van der Waals surface area contributed by atoms with E-state index in [2.05, 4.69) is 12.2 Å². The van der Waals surface area contributed by atoms with Crippen molar-refractivity contribution in [2.75, 3.05) is 16.8 Å². The van der Waals surface area contributed by atoms with Crippen LogP contribution >= 0.6 is 0 Å². The average Bonchev–Trinajstić information content (AvgIpc) is 2.59. The maximum absolute atomic E-state index is 12.6. The minimum Gasteiger partial charge on any atom is -0.322 e. The van der Waals surface area contributed by atoms with E-state index in [1.807, 2.05) is 55.1 Å². The first-order chi connectivity index (χ1) is 12.0. The highest BCUT2D eigenvalue weighted by molar-refractivity contribution is 6.05. The molecule has 2 amide bonds. The van der Waals surface area contributed by atoms with E-state index < -0.39 is 0 Å². The Hall–Kier alpha value is -2.62. The number of nitrogens with zero attached hydrogens (tertiary/aromatic N) is 1. The van der Waals surface area contributed by atoms with Crippen molar-refractivity contribution in [2.45, 2.75) is 40.0 Å². The van der Waals surface area contributed by atoms with E-state index in [9.17, 15) is 9.59 Å². The summed E-state index contributed by atoms with van der Waals surface area (Å²) in [5, 5.41) is 2.99. The fourth-order valence-electron chi connectivity index (χ4n) is 3.29. The molecule has 0 aromatic heterocycles. The van der Waals surface area contributed by atoms with Crippen LogP contribution in [-0.4, -0.2) is 18.4 Å². The molecular weight excluding hydrogens is 312 g/mol. The van der Waals surface area contributed by atoms with Crippen LogP contribution in [0, 0.1) is 13.8 Å². The minimum absolute atomic E-state index is 0.0987. The monoisotopic (exact) mass is 336 g/mol. The van der Waals surface area contributed by atoms with Gasteiger partial charge in [-0.15, -0.1) is 0 Å². The average molecular weight is 336 g/mol. The maximum atomic E-state index is 12.6. The Balaban J connectivity index is 1.84. The van der Waals surface area contributed by atoms with Gasteiger partial charge in [-0.1, -0.05) is 24.6 Å². The zero-order valence-electron chi connectivity index (χ0n) is 15.1. The lowest BCUT2D eigenvalue weighted by molar-refractivity contribution is -0.118. The highest BCUT2D eigenvalue weighted by atomic mass is 16.2. The summed E-state index contributed by atoms with van der Waals surface area (Å²) in [6.07, 6.45) is 2.18. The molecular formula is C21H24N2O2. The van der Waals surface area contributed by atoms with Crippen LogP contribution in [0.25, 0.3) is 0 Å². The van der Waals surface area contributed by atoms with E-state index in [-0.39, 0.29) is 11.8 Å². The smallest absolute Gasteiger partial charge is 0.255 e. The molecule has 3 rings (SSSR count). The third-order valence-electron chi connectivity index (χ3n) is 4.62. The summed E-state index contributed by atoms with van der Waals surface area (Å²) in [4.78, 5) is 26.6. The molecule has 1 heterocycles. The Morgan fingerprint density at radius 3 is 2.68 bits per heavy atom. The van der Waals surface area contributed by atoms with E-state index in [1.54, 1.807) is 0 Å². The molecule has 0 saturated carbocycles. The van der Waals surface area contributed by atoms with Crippen LogP contribution in [-0.2, 0) is 11.2 Å². The van der Waals surface area contributed by atoms with Gasteiger partial charge in [0.1, 0.15) is 0 Å². The van der Waals surface area contributed by atoms with E-state index in [0.29, 0.717) is 12.0 Å². The van der Waals surface area contributed by atoms with Crippen molar-refractivity contribution < 1.29 is 9.59 Å². The summed E-state index contributed by atoms with van der Waals surface area (Å²) >= 11 is 0. The number of hydrogen-bond donors (Lipinski definition) is 1. The Morgan fingerprint density at radius 2 is 1.92 bits per heavy atom. The molecule has 0 spiro atoms. The zero-order chi connectivity index (χ0) is 18.0. The van der Waals surface area contributed by atoms with Crippen LogP contribution in [0.4, 0.5) is 11.4 Å². The number of benzene rings is 2. The van der Waals surface area contributed by atoms with E-state index in [0.717, 1.165) is 47.5 Å². The summed E-state index contributed by atoms with van der Waals surface area (Å²) in [5.74, 6) is 0.0833. The number of hydrogen-bond acceptors (Lipinski definition) is 2. The van der Waals surface area contributed by atoms with Gasteiger partial charge in [0.05, 0.1) is 0 Å². The molecule has 0 radical (unpaired) electrons. The lowest BCUT2D eigenvalue weighted by Crippen LogP contribution is -2.35. The highest BCUT2D eigenvalue weighted by Crippen LogP contribution is 2.30. The van der Waals surface area contributed by atoms with Gasteiger partial charge in [-0.3, -0.25) is 9.59 Å². The molecule has 1 N–H and O–H groups in total. The molecule has 0 fully saturated rings. The van der Waals surface area contributed by atoms with Gasteiger partial charge in [-0.05, 0) is 62.1 Å². The van der Waals surface area contributed by atoms with Gasteiger partial charge in [-0.25, -0.2) is 0 Å². The number of carbonyl (C=O) groups excluding carboxylic acids is 2. The highest BCUT2D eigenvalue weighted by Gasteiger charge is 2.23. The molecule has 4 heteroatoms. The number of carbonyl (C=O) groups is 2. The minimum atomic E-state index is -0.0987. The second-order valence-corrected chi connectivity index (χ2v) is 6.66. The second-order valence-electron chi connectivity index (χ2n) is 6.66. The number of amides is 2. The Labute approximate surface area is 148 Å². The Kier molecular flexibility index (Phi) is 4.88. The first-order valence-corrected chi connectivity index (χ1v) is 8.81. The fraction of sp³-hybridized carbons (Fsp3) is 0.333. The van der Waals surface area contributed by atoms with Gasteiger partial charge in [0.15, 0.2) is 0 Å². The zero-order valence-corrected chi connectivity index (χ0v) is 15.1. The van der Waals surface area contributed by atoms with Crippen molar-refractivity contribution in [2.24, 2.45) is 0 Å². The molecule has 2 aromatic rings. The molecule has 0 aliphatic carbocycles. The second kappa shape index (κ2) is 7.09. The summed E-state index contributed by atoms with van der Waals surface area (Å²) in [7, 11) is 0. The van der Waals surface area contributed by atoms with E-state index in [4.69, 9.17) is 0 Å². The van der Waals surface area contributed by atoms with Crippen LogP contribution in [0.5, 0.6) is 0 Å². The van der Waals surface area contributed by atoms with Gasteiger partial charge in [0, 0.05) is 29.9 Å². The number of anilines is 2. The normalized spacial score (nSPS) is 13.6. The lowest BCUT2D eigenvalue weighted by atomic mass is 10.00. The summed E-state index contributed by atoms with van der Waals surface area (Å²) in [6.45, 7) is 6.73. The van der Waals surface area contributed by atoms with Crippen LogP contribution in [0.2, 0.25) is 0 Å². The van der Waals surface area contributed by atoms with Gasteiger partial charge < -0.3 is 10.2 Å². The molecule has 0 atom stereocenters. The molecule has 1 aliphatic heterocycles. The van der Waals surface area contributed by atoms with Crippen molar-refractivity contribution in [3.05, 3.63) is 58.7 Å².